The Labute approximate surface area is 153 Å². The average molecular weight is 431 g/mol. The number of hydrogen-bond donors (Lipinski definition) is 1. The molecule has 0 fully saturated rings. The van der Waals surface area contributed by atoms with E-state index in [9.17, 15) is 0 Å². The van der Waals surface area contributed by atoms with Gasteiger partial charge in [-0.25, -0.2) is 0 Å². The van der Waals surface area contributed by atoms with Crippen LogP contribution in [0.5, 0.6) is 5.75 Å². The van der Waals surface area contributed by atoms with Crippen LogP contribution in [0.25, 0.3) is 0 Å². The summed E-state index contributed by atoms with van der Waals surface area (Å²) in [4.78, 5) is 6.36. The van der Waals surface area contributed by atoms with Crippen molar-refractivity contribution in [3.8, 4) is 5.75 Å². The summed E-state index contributed by atoms with van der Waals surface area (Å²) in [5, 5.41) is 7.57. The van der Waals surface area contributed by atoms with Crippen LogP contribution in [0, 0.1) is 0 Å². The third kappa shape index (κ3) is 6.23. The Morgan fingerprint density at radius 3 is 2.68 bits per heavy atom. The maximum Gasteiger partial charge on any atom is 0.193 e. The molecule has 0 spiro atoms. The van der Waals surface area contributed by atoms with Gasteiger partial charge in [-0.1, -0.05) is 18.2 Å². The molecule has 120 valence electrons. The van der Waals surface area contributed by atoms with E-state index in [1.807, 2.05) is 37.4 Å². The van der Waals surface area contributed by atoms with Crippen LogP contribution in [0.4, 0.5) is 0 Å². The molecule has 1 aromatic carbocycles. The van der Waals surface area contributed by atoms with E-state index in [0.717, 1.165) is 24.8 Å². The number of likely N-dealkylation sites (N-methyl/N-ethyl adjacent to an activating group) is 1. The molecular weight excluding hydrogens is 409 g/mol. The average Bonchev–Trinajstić information content (AvgIpc) is 3.02. The van der Waals surface area contributed by atoms with E-state index < -0.39 is 0 Å². The Balaban J connectivity index is 0.00000242. The molecule has 2 aromatic rings. The van der Waals surface area contributed by atoms with Gasteiger partial charge in [0.1, 0.15) is 12.4 Å². The van der Waals surface area contributed by atoms with Gasteiger partial charge in [-0.3, -0.25) is 4.99 Å². The van der Waals surface area contributed by atoms with E-state index in [2.05, 4.69) is 32.0 Å². The number of aliphatic imine (C=N–C) groups is 1. The highest BCUT2D eigenvalue weighted by molar-refractivity contribution is 14.0. The van der Waals surface area contributed by atoms with Crippen LogP contribution >= 0.6 is 35.3 Å². The van der Waals surface area contributed by atoms with Crippen LogP contribution in [0.15, 0.2) is 52.2 Å². The molecule has 1 heterocycles. The molecule has 0 atom stereocenters. The van der Waals surface area contributed by atoms with Crippen LogP contribution < -0.4 is 10.1 Å². The summed E-state index contributed by atoms with van der Waals surface area (Å²) in [6.45, 7) is 2.19. The Bertz CT molecular complexity index is 546. The minimum atomic E-state index is 0. The van der Waals surface area contributed by atoms with Gasteiger partial charge in [0, 0.05) is 20.6 Å². The van der Waals surface area contributed by atoms with Gasteiger partial charge in [-0.15, -0.1) is 24.0 Å². The Morgan fingerprint density at radius 2 is 2.05 bits per heavy atom. The number of nitrogens with one attached hydrogen (secondary N) is 1. The van der Waals surface area contributed by atoms with Crippen molar-refractivity contribution in [3.05, 3.63) is 52.7 Å². The summed E-state index contributed by atoms with van der Waals surface area (Å²) >= 11 is 1.71. The summed E-state index contributed by atoms with van der Waals surface area (Å²) in [5.74, 6) is 1.77. The second kappa shape index (κ2) is 10.4. The summed E-state index contributed by atoms with van der Waals surface area (Å²) in [5.41, 5.74) is 1.27. The molecule has 0 aliphatic heterocycles. The van der Waals surface area contributed by atoms with Crippen LogP contribution in [0.1, 0.15) is 5.56 Å². The second-order valence-corrected chi connectivity index (χ2v) is 5.40. The van der Waals surface area contributed by atoms with Gasteiger partial charge >= 0.3 is 0 Å². The van der Waals surface area contributed by atoms with Crippen molar-refractivity contribution in [3.63, 3.8) is 0 Å². The predicted octanol–water partition coefficient (Wildman–Crippen LogP) is 3.45. The van der Waals surface area contributed by atoms with Crippen molar-refractivity contribution in [2.24, 2.45) is 4.99 Å². The maximum absolute atomic E-state index is 5.70. The molecule has 0 aliphatic carbocycles. The van der Waals surface area contributed by atoms with Gasteiger partial charge in [-0.2, -0.15) is 11.3 Å². The topological polar surface area (TPSA) is 36.9 Å². The fourth-order valence-corrected chi connectivity index (χ4v) is 2.55. The van der Waals surface area contributed by atoms with Crippen molar-refractivity contribution < 1.29 is 4.74 Å². The minimum Gasteiger partial charge on any atom is -0.492 e. The number of rotatable bonds is 6. The van der Waals surface area contributed by atoms with Crippen molar-refractivity contribution in [1.82, 2.24) is 10.2 Å². The largest absolute Gasteiger partial charge is 0.492 e. The van der Waals surface area contributed by atoms with E-state index in [1.54, 1.807) is 18.4 Å². The van der Waals surface area contributed by atoms with E-state index in [0.29, 0.717) is 6.61 Å². The highest BCUT2D eigenvalue weighted by atomic mass is 127. The molecule has 22 heavy (non-hydrogen) atoms. The summed E-state index contributed by atoms with van der Waals surface area (Å²) in [6.07, 6.45) is 0. The number of halogens is 1. The molecular formula is C16H22IN3OS. The van der Waals surface area contributed by atoms with Crippen molar-refractivity contribution >= 4 is 41.3 Å². The van der Waals surface area contributed by atoms with Gasteiger partial charge in [0.15, 0.2) is 5.96 Å². The smallest absolute Gasteiger partial charge is 0.193 e. The Kier molecular flexibility index (Phi) is 8.91. The van der Waals surface area contributed by atoms with Gasteiger partial charge in [-0.05, 0) is 34.5 Å². The molecule has 1 N–H and O–H groups in total. The van der Waals surface area contributed by atoms with Crippen molar-refractivity contribution in [2.75, 3.05) is 27.2 Å². The normalized spacial score (nSPS) is 10.7. The number of guanidine groups is 1. The third-order valence-electron chi connectivity index (χ3n) is 3.04. The predicted molar refractivity (Wildman–Crippen MR) is 104 cm³/mol. The Morgan fingerprint density at radius 1 is 1.27 bits per heavy atom. The van der Waals surface area contributed by atoms with Crippen LogP contribution in [-0.4, -0.2) is 38.1 Å². The van der Waals surface area contributed by atoms with Crippen LogP contribution in [0.3, 0.4) is 0 Å². The number of thiophene rings is 1. The molecule has 0 saturated carbocycles. The molecule has 0 amide bonds. The number of nitrogens with zero attached hydrogens (tertiary/aromatic N) is 2. The molecule has 2 rings (SSSR count). The lowest BCUT2D eigenvalue weighted by Crippen LogP contribution is -2.40. The summed E-state index contributed by atoms with van der Waals surface area (Å²) in [6, 6.07) is 12.0. The number of benzene rings is 1. The van der Waals surface area contributed by atoms with Gasteiger partial charge < -0.3 is 15.0 Å². The van der Waals surface area contributed by atoms with E-state index in [-0.39, 0.29) is 24.0 Å². The van der Waals surface area contributed by atoms with Gasteiger partial charge in [0.05, 0.1) is 6.54 Å². The highest BCUT2D eigenvalue weighted by Gasteiger charge is 2.05. The molecule has 1 aromatic heterocycles. The first-order chi connectivity index (χ1) is 10.3. The molecule has 0 unspecified atom stereocenters. The summed E-state index contributed by atoms with van der Waals surface area (Å²) in [7, 11) is 3.81. The van der Waals surface area contributed by atoms with Gasteiger partial charge in [0.25, 0.3) is 0 Å². The third-order valence-corrected chi connectivity index (χ3v) is 3.77. The van der Waals surface area contributed by atoms with Crippen molar-refractivity contribution in [2.45, 2.75) is 6.54 Å². The molecule has 0 aliphatic rings. The molecule has 6 heteroatoms. The Hall–Kier alpha value is -1.28. The summed E-state index contributed by atoms with van der Waals surface area (Å²) < 4.78 is 5.70. The molecule has 0 radical (unpaired) electrons. The lowest BCUT2D eigenvalue weighted by Gasteiger charge is -2.22. The lowest BCUT2D eigenvalue weighted by atomic mass is 10.3. The SMILES string of the molecule is CN=C(NCc1ccsc1)N(C)CCOc1ccccc1.I. The maximum atomic E-state index is 5.70. The first-order valence-corrected chi connectivity index (χ1v) is 7.84. The fourth-order valence-electron chi connectivity index (χ4n) is 1.88. The monoisotopic (exact) mass is 431 g/mol. The van der Waals surface area contributed by atoms with E-state index in [4.69, 9.17) is 4.74 Å². The quantitative estimate of drug-likeness (QED) is 0.433. The van der Waals surface area contributed by atoms with Crippen LogP contribution in [0.2, 0.25) is 0 Å². The van der Waals surface area contributed by atoms with E-state index in [1.165, 1.54) is 5.56 Å². The molecule has 0 saturated heterocycles. The number of para-hydroxylation sites is 1. The second-order valence-electron chi connectivity index (χ2n) is 4.62. The first-order valence-electron chi connectivity index (χ1n) is 6.90. The fraction of sp³-hybridized carbons (Fsp3) is 0.312. The first kappa shape index (κ1) is 18.8. The minimum absolute atomic E-state index is 0. The molecule has 4 nitrogen and oxygen atoms in total. The molecule has 0 bridgehead atoms. The van der Waals surface area contributed by atoms with E-state index >= 15 is 0 Å². The zero-order valence-corrected chi connectivity index (χ0v) is 16.0. The highest BCUT2D eigenvalue weighted by Crippen LogP contribution is 2.08. The lowest BCUT2D eigenvalue weighted by molar-refractivity contribution is 0.281. The van der Waals surface area contributed by atoms with Gasteiger partial charge in [0.2, 0.25) is 0 Å². The van der Waals surface area contributed by atoms with Crippen molar-refractivity contribution in [1.29, 1.82) is 0 Å². The number of hydrogen-bond acceptors (Lipinski definition) is 3. The zero-order chi connectivity index (χ0) is 14.9. The number of ether oxygens (including phenoxy) is 1. The van der Waals surface area contributed by atoms with Crippen LogP contribution in [-0.2, 0) is 6.54 Å². The zero-order valence-electron chi connectivity index (χ0n) is 12.9. The standard InChI is InChI=1S/C16H21N3OS.HI/c1-17-16(18-12-14-8-11-21-13-14)19(2)9-10-20-15-6-4-3-5-7-15;/h3-8,11,13H,9-10,12H2,1-2H3,(H,17,18);1H.